The van der Waals surface area contributed by atoms with Gasteiger partial charge in [-0.2, -0.15) is 0 Å². The van der Waals surface area contributed by atoms with Gasteiger partial charge in [0.25, 0.3) is 0 Å². The lowest BCUT2D eigenvalue weighted by atomic mass is 10.2. The van der Waals surface area contributed by atoms with Gasteiger partial charge in [0.1, 0.15) is 0 Å². The van der Waals surface area contributed by atoms with Crippen LogP contribution >= 0.6 is 0 Å². The van der Waals surface area contributed by atoms with Crippen LogP contribution in [0.2, 0.25) is 0 Å². The summed E-state index contributed by atoms with van der Waals surface area (Å²) in [5.74, 6) is -0.256. The normalized spacial score (nSPS) is 10.3. The molecule has 0 fully saturated rings. The monoisotopic (exact) mass is 242 g/mol. The van der Waals surface area contributed by atoms with Crippen molar-refractivity contribution in [2.75, 3.05) is 38.4 Å². The lowest BCUT2D eigenvalue weighted by Gasteiger charge is -2.11. The van der Waals surface area contributed by atoms with Crippen molar-refractivity contribution in [1.29, 1.82) is 0 Å². The van der Waals surface area contributed by atoms with Crippen LogP contribution in [0.4, 0.5) is 15.8 Å². The lowest BCUT2D eigenvalue weighted by molar-refractivity contribution is 0.194. The van der Waals surface area contributed by atoms with Crippen molar-refractivity contribution in [2.45, 2.75) is 12.8 Å². The van der Waals surface area contributed by atoms with E-state index in [1.54, 1.807) is 13.2 Å². The first kappa shape index (κ1) is 13.6. The maximum Gasteiger partial charge on any atom is 0.167 e. The number of methoxy groups -OCH3 is 2. The van der Waals surface area contributed by atoms with E-state index in [0.717, 1.165) is 26.0 Å². The Morgan fingerprint density at radius 1 is 1.29 bits per heavy atom. The average molecular weight is 242 g/mol. The van der Waals surface area contributed by atoms with Gasteiger partial charge in [-0.3, -0.25) is 0 Å². The molecule has 96 valence electrons. The summed E-state index contributed by atoms with van der Waals surface area (Å²) in [7, 11) is 3.10. The lowest BCUT2D eigenvalue weighted by Crippen LogP contribution is -2.06. The second-order valence-corrected chi connectivity index (χ2v) is 3.70. The van der Waals surface area contributed by atoms with Crippen LogP contribution in [0, 0.1) is 5.82 Å². The molecule has 0 aliphatic heterocycles. The van der Waals surface area contributed by atoms with Gasteiger partial charge in [-0.15, -0.1) is 0 Å². The molecule has 17 heavy (non-hydrogen) atoms. The smallest absolute Gasteiger partial charge is 0.167 e. The maximum atomic E-state index is 13.3. The highest BCUT2D eigenvalue weighted by atomic mass is 19.1. The zero-order chi connectivity index (χ0) is 12.7. The molecular weight excluding hydrogens is 223 g/mol. The summed E-state index contributed by atoms with van der Waals surface area (Å²) in [5.41, 5.74) is 6.78. The standard InChI is InChI=1S/C12H19FN2O2/c1-16-6-4-3-5-15-11-8-12(17-2)9(13)7-10(11)14/h7-8,15H,3-6,14H2,1-2H3. The highest BCUT2D eigenvalue weighted by Crippen LogP contribution is 2.27. The Labute approximate surface area is 101 Å². The van der Waals surface area contributed by atoms with Crippen molar-refractivity contribution >= 4 is 11.4 Å². The predicted molar refractivity (Wildman–Crippen MR) is 67.0 cm³/mol. The molecule has 0 atom stereocenters. The fourth-order valence-corrected chi connectivity index (χ4v) is 1.47. The van der Waals surface area contributed by atoms with Crippen LogP contribution in [0.25, 0.3) is 0 Å². The van der Waals surface area contributed by atoms with Crippen molar-refractivity contribution in [3.05, 3.63) is 17.9 Å². The van der Waals surface area contributed by atoms with E-state index in [2.05, 4.69) is 5.32 Å². The first-order valence-corrected chi connectivity index (χ1v) is 5.55. The number of hydrogen-bond donors (Lipinski definition) is 2. The number of ether oxygens (including phenoxy) is 2. The van der Waals surface area contributed by atoms with Crippen molar-refractivity contribution in [1.82, 2.24) is 0 Å². The molecule has 0 radical (unpaired) electrons. The van der Waals surface area contributed by atoms with Crippen LogP contribution in [-0.2, 0) is 4.74 Å². The molecule has 0 aromatic heterocycles. The minimum absolute atomic E-state index is 0.193. The van der Waals surface area contributed by atoms with Crippen LogP contribution in [0.5, 0.6) is 5.75 Å². The second kappa shape index (κ2) is 6.96. The molecule has 0 saturated carbocycles. The number of anilines is 2. The van der Waals surface area contributed by atoms with Gasteiger partial charge in [0.2, 0.25) is 0 Å². The number of halogens is 1. The SMILES string of the molecule is COCCCCNc1cc(OC)c(F)cc1N. The Morgan fingerprint density at radius 3 is 2.71 bits per heavy atom. The Bertz CT molecular complexity index is 359. The third-order valence-electron chi connectivity index (χ3n) is 2.41. The molecule has 0 amide bonds. The molecular formula is C12H19FN2O2. The van der Waals surface area contributed by atoms with Crippen LogP contribution in [0.3, 0.4) is 0 Å². The molecule has 4 nitrogen and oxygen atoms in total. The van der Waals surface area contributed by atoms with Gasteiger partial charge in [-0.05, 0) is 12.8 Å². The van der Waals surface area contributed by atoms with E-state index in [0.29, 0.717) is 11.4 Å². The number of nitrogens with one attached hydrogen (secondary N) is 1. The number of benzene rings is 1. The molecule has 1 aromatic rings. The minimum atomic E-state index is -0.449. The summed E-state index contributed by atoms with van der Waals surface area (Å²) >= 11 is 0. The van der Waals surface area contributed by atoms with Crippen LogP contribution in [-0.4, -0.2) is 27.4 Å². The Balaban J connectivity index is 2.52. The van der Waals surface area contributed by atoms with Gasteiger partial charge >= 0.3 is 0 Å². The Hall–Kier alpha value is -1.49. The van der Waals surface area contributed by atoms with E-state index in [-0.39, 0.29) is 5.75 Å². The van der Waals surface area contributed by atoms with E-state index >= 15 is 0 Å². The fourth-order valence-electron chi connectivity index (χ4n) is 1.47. The summed E-state index contributed by atoms with van der Waals surface area (Å²) in [6, 6.07) is 2.83. The summed E-state index contributed by atoms with van der Waals surface area (Å²) in [6.45, 7) is 1.51. The van der Waals surface area contributed by atoms with Crippen LogP contribution in [0.1, 0.15) is 12.8 Å². The Kier molecular flexibility index (Phi) is 5.56. The van der Waals surface area contributed by atoms with E-state index in [9.17, 15) is 4.39 Å². The molecule has 0 aliphatic carbocycles. The highest BCUT2D eigenvalue weighted by Gasteiger charge is 2.07. The number of nitrogen functional groups attached to an aromatic ring is 1. The molecule has 0 saturated heterocycles. The highest BCUT2D eigenvalue weighted by molar-refractivity contribution is 5.68. The number of unbranched alkanes of at least 4 members (excludes halogenated alkanes) is 1. The van der Waals surface area contributed by atoms with E-state index in [1.807, 2.05) is 0 Å². The third-order valence-corrected chi connectivity index (χ3v) is 2.41. The molecule has 0 bridgehead atoms. The number of nitrogens with two attached hydrogens (primary N) is 1. The van der Waals surface area contributed by atoms with Crippen molar-refractivity contribution in [3.63, 3.8) is 0 Å². The molecule has 0 unspecified atom stereocenters. The van der Waals surface area contributed by atoms with E-state index in [1.165, 1.54) is 13.2 Å². The predicted octanol–water partition coefficient (Wildman–Crippen LogP) is 2.25. The molecule has 3 N–H and O–H groups in total. The second-order valence-electron chi connectivity index (χ2n) is 3.70. The number of rotatable bonds is 7. The van der Waals surface area contributed by atoms with Crippen LogP contribution in [0.15, 0.2) is 12.1 Å². The summed E-state index contributed by atoms with van der Waals surface area (Å²) in [6.07, 6.45) is 1.94. The van der Waals surface area contributed by atoms with Gasteiger partial charge in [-0.25, -0.2) is 4.39 Å². The molecule has 1 aromatic carbocycles. The number of hydrogen-bond acceptors (Lipinski definition) is 4. The maximum absolute atomic E-state index is 13.3. The largest absolute Gasteiger partial charge is 0.494 e. The Morgan fingerprint density at radius 2 is 2.06 bits per heavy atom. The summed E-state index contributed by atoms with van der Waals surface area (Å²) in [4.78, 5) is 0. The molecule has 0 aliphatic rings. The average Bonchev–Trinajstić information content (AvgIpc) is 2.31. The molecule has 0 spiro atoms. The summed E-state index contributed by atoms with van der Waals surface area (Å²) in [5, 5.41) is 3.15. The summed E-state index contributed by atoms with van der Waals surface area (Å²) < 4.78 is 23.1. The van der Waals surface area contributed by atoms with Crippen molar-refractivity contribution in [2.24, 2.45) is 0 Å². The fraction of sp³-hybridized carbons (Fsp3) is 0.500. The molecule has 0 heterocycles. The van der Waals surface area contributed by atoms with Gasteiger partial charge < -0.3 is 20.5 Å². The topological polar surface area (TPSA) is 56.5 Å². The van der Waals surface area contributed by atoms with Gasteiger partial charge in [0.05, 0.1) is 18.5 Å². The van der Waals surface area contributed by atoms with E-state index < -0.39 is 5.82 Å². The van der Waals surface area contributed by atoms with Crippen molar-refractivity contribution in [3.8, 4) is 5.75 Å². The van der Waals surface area contributed by atoms with E-state index in [4.69, 9.17) is 15.2 Å². The first-order chi connectivity index (χ1) is 8.19. The minimum Gasteiger partial charge on any atom is -0.494 e. The van der Waals surface area contributed by atoms with Crippen LogP contribution < -0.4 is 15.8 Å². The molecule has 5 heteroatoms. The molecule has 1 rings (SSSR count). The van der Waals surface area contributed by atoms with Crippen molar-refractivity contribution < 1.29 is 13.9 Å². The zero-order valence-electron chi connectivity index (χ0n) is 10.3. The third kappa shape index (κ3) is 4.11. The quantitative estimate of drug-likeness (QED) is 0.569. The van der Waals surface area contributed by atoms with Gasteiger partial charge in [0, 0.05) is 32.4 Å². The van der Waals surface area contributed by atoms with Gasteiger partial charge in [-0.1, -0.05) is 0 Å². The first-order valence-electron chi connectivity index (χ1n) is 5.55. The zero-order valence-corrected chi connectivity index (χ0v) is 10.3. The van der Waals surface area contributed by atoms with Gasteiger partial charge in [0.15, 0.2) is 11.6 Å².